The highest BCUT2D eigenvalue weighted by Gasteiger charge is 2.30. The Hall–Kier alpha value is -2.71. The average molecular weight is 414 g/mol. The second kappa shape index (κ2) is 8.97. The molecule has 30 heavy (non-hydrogen) atoms. The lowest BCUT2D eigenvalue weighted by atomic mass is 9.99. The van der Waals surface area contributed by atoms with E-state index < -0.39 is 11.5 Å². The lowest BCUT2D eigenvalue weighted by Crippen LogP contribution is -2.50. The second-order valence-corrected chi connectivity index (χ2v) is 8.72. The van der Waals surface area contributed by atoms with Crippen LogP contribution >= 0.6 is 0 Å². The van der Waals surface area contributed by atoms with Gasteiger partial charge in [-0.05, 0) is 45.2 Å². The number of likely N-dealkylation sites (tertiary alicyclic amines) is 1. The summed E-state index contributed by atoms with van der Waals surface area (Å²) in [7, 11) is 0. The Morgan fingerprint density at radius 3 is 2.53 bits per heavy atom. The maximum absolute atomic E-state index is 12.7. The first-order valence-electron chi connectivity index (χ1n) is 10.3. The van der Waals surface area contributed by atoms with Gasteiger partial charge in [-0.15, -0.1) is 0 Å². The van der Waals surface area contributed by atoms with Crippen LogP contribution in [0.2, 0.25) is 0 Å². The number of amides is 2. The van der Waals surface area contributed by atoms with Crippen molar-refractivity contribution in [1.29, 1.82) is 0 Å². The fourth-order valence-electron chi connectivity index (χ4n) is 3.99. The monoisotopic (exact) mass is 413 g/mol. The van der Waals surface area contributed by atoms with E-state index in [0.29, 0.717) is 19.6 Å². The summed E-state index contributed by atoms with van der Waals surface area (Å²) in [5.41, 5.74) is 6.91. The molecule has 0 saturated carbocycles. The summed E-state index contributed by atoms with van der Waals surface area (Å²) in [4.78, 5) is 28.0. The zero-order valence-electron chi connectivity index (χ0n) is 17.9. The number of hydrogen-bond donors (Lipinski definition) is 2. The van der Waals surface area contributed by atoms with Crippen LogP contribution in [0.5, 0.6) is 0 Å². The third-order valence-electron chi connectivity index (χ3n) is 5.35. The second-order valence-electron chi connectivity index (χ2n) is 8.72. The predicted molar refractivity (Wildman–Crippen MR) is 114 cm³/mol. The summed E-state index contributed by atoms with van der Waals surface area (Å²) in [6.45, 7) is 8.21. The zero-order valence-corrected chi connectivity index (χ0v) is 17.9. The zero-order chi connectivity index (χ0) is 21.9. The van der Waals surface area contributed by atoms with Crippen LogP contribution in [-0.2, 0) is 6.54 Å². The molecule has 1 saturated heterocycles. The molecule has 0 atom stereocenters. The Morgan fingerprint density at radius 1 is 1.27 bits per heavy atom. The largest absolute Gasteiger partial charge is 0.389 e. The molecule has 2 amide bonds. The quantitative estimate of drug-likeness (QED) is 0.754. The van der Waals surface area contributed by atoms with E-state index in [0.717, 1.165) is 19.4 Å². The summed E-state index contributed by atoms with van der Waals surface area (Å²) in [5.74, 6) is -0.654. The molecule has 0 bridgehead atoms. The van der Waals surface area contributed by atoms with Gasteiger partial charge in [-0.3, -0.25) is 9.69 Å². The van der Waals surface area contributed by atoms with E-state index in [1.54, 1.807) is 4.90 Å². The molecule has 1 fully saturated rings. The number of carbonyl (C=O) groups excluding carboxylic acids is 2. The van der Waals surface area contributed by atoms with Gasteiger partial charge in [-0.25, -0.2) is 4.79 Å². The fraction of sp³-hybridized carbons (Fsp3) is 0.500. The number of nitrogens with two attached hydrogens (primary N) is 1. The van der Waals surface area contributed by atoms with E-state index in [1.165, 1.54) is 28.1 Å². The molecule has 0 unspecified atom stereocenters. The summed E-state index contributed by atoms with van der Waals surface area (Å²) in [6.07, 6.45) is 3.07. The number of benzene rings is 1. The Bertz CT molecular complexity index is 894. The Morgan fingerprint density at radius 2 is 1.97 bits per heavy atom. The van der Waals surface area contributed by atoms with Crippen LogP contribution in [0.1, 0.15) is 48.3 Å². The van der Waals surface area contributed by atoms with Gasteiger partial charge < -0.3 is 15.7 Å². The lowest BCUT2D eigenvalue weighted by molar-refractivity contribution is 0.00573. The minimum atomic E-state index is -0.809. The van der Waals surface area contributed by atoms with Crippen molar-refractivity contribution in [2.24, 2.45) is 5.73 Å². The molecular weight excluding hydrogens is 382 g/mol. The van der Waals surface area contributed by atoms with Crippen LogP contribution in [0, 0.1) is 6.92 Å². The first-order valence-corrected chi connectivity index (χ1v) is 10.3. The Labute approximate surface area is 177 Å². The van der Waals surface area contributed by atoms with Crippen molar-refractivity contribution < 1.29 is 14.7 Å². The van der Waals surface area contributed by atoms with Gasteiger partial charge in [0, 0.05) is 38.4 Å². The molecule has 2 heterocycles. The minimum Gasteiger partial charge on any atom is -0.389 e. The van der Waals surface area contributed by atoms with Gasteiger partial charge >= 0.3 is 6.03 Å². The van der Waals surface area contributed by atoms with Crippen LogP contribution in [0.15, 0.2) is 36.5 Å². The van der Waals surface area contributed by atoms with Crippen molar-refractivity contribution in [3.05, 3.63) is 53.3 Å². The number of primary amides is 1. The molecule has 0 aliphatic carbocycles. The third-order valence-corrected chi connectivity index (χ3v) is 5.35. The number of hydrogen-bond acceptors (Lipinski definition) is 5. The van der Waals surface area contributed by atoms with E-state index in [1.807, 2.05) is 13.8 Å². The van der Waals surface area contributed by atoms with Crippen molar-refractivity contribution in [2.45, 2.75) is 51.8 Å². The SMILES string of the molecule is Cc1cccc(CN(CC(C)(C)O)C2CCN(C(=O)n3ccc(C(N)=O)n3)CC2)c1. The van der Waals surface area contributed by atoms with E-state index in [9.17, 15) is 14.7 Å². The molecule has 2 aromatic rings. The van der Waals surface area contributed by atoms with Crippen LogP contribution < -0.4 is 5.73 Å². The van der Waals surface area contributed by atoms with E-state index >= 15 is 0 Å². The number of aromatic nitrogens is 2. The third kappa shape index (κ3) is 5.67. The van der Waals surface area contributed by atoms with Gasteiger partial charge in [0.05, 0.1) is 5.60 Å². The number of piperidine rings is 1. The Balaban J connectivity index is 1.65. The fourth-order valence-corrected chi connectivity index (χ4v) is 3.99. The molecule has 162 valence electrons. The highest BCUT2D eigenvalue weighted by Crippen LogP contribution is 2.22. The molecule has 1 aliphatic heterocycles. The van der Waals surface area contributed by atoms with Gasteiger partial charge in [-0.2, -0.15) is 9.78 Å². The van der Waals surface area contributed by atoms with Crippen LogP contribution in [0.3, 0.4) is 0 Å². The summed E-state index contributed by atoms with van der Waals surface area (Å²) >= 11 is 0. The van der Waals surface area contributed by atoms with E-state index in [2.05, 4.69) is 41.2 Å². The van der Waals surface area contributed by atoms with Crippen molar-refractivity contribution in [1.82, 2.24) is 19.6 Å². The topological polar surface area (TPSA) is 105 Å². The molecule has 0 radical (unpaired) electrons. The van der Waals surface area contributed by atoms with Crippen molar-refractivity contribution in [3.8, 4) is 0 Å². The smallest absolute Gasteiger partial charge is 0.344 e. The maximum atomic E-state index is 12.7. The molecule has 8 heteroatoms. The van der Waals surface area contributed by atoms with Gasteiger partial charge in [-0.1, -0.05) is 29.8 Å². The van der Waals surface area contributed by atoms with Crippen molar-refractivity contribution in [2.75, 3.05) is 19.6 Å². The summed E-state index contributed by atoms with van der Waals surface area (Å²) < 4.78 is 1.17. The molecule has 3 rings (SSSR count). The number of aryl methyl sites for hydroxylation is 1. The predicted octanol–water partition coefficient (Wildman–Crippen LogP) is 2.00. The summed E-state index contributed by atoms with van der Waals surface area (Å²) in [5, 5.41) is 14.4. The standard InChI is InChI=1S/C22H31N5O3/c1-16-5-4-6-17(13-16)14-26(15-22(2,3)30)18-7-10-25(11-8-18)21(29)27-12-9-19(24-27)20(23)28/h4-6,9,12-13,18,30H,7-8,10-11,14-15H2,1-3H3,(H2,23,28). The van der Waals surface area contributed by atoms with Crippen LogP contribution in [0.4, 0.5) is 4.79 Å². The molecular formula is C22H31N5O3. The molecule has 8 nitrogen and oxygen atoms in total. The van der Waals surface area contributed by atoms with E-state index in [-0.39, 0.29) is 17.8 Å². The van der Waals surface area contributed by atoms with Crippen molar-refractivity contribution >= 4 is 11.9 Å². The highest BCUT2D eigenvalue weighted by atomic mass is 16.3. The lowest BCUT2D eigenvalue weighted by Gasteiger charge is -2.40. The molecule has 3 N–H and O–H groups in total. The first-order chi connectivity index (χ1) is 14.1. The Kier molecular flexibility index (Phi) is 6.58. The van der Waals surface area contributed by atoms with Gasteiger partial charge in [0.25, 0.3) is 5.91 Å². The van der Waals surface area contributed by atoms with Crippen molar-refractivity contribution in [3.63, 3.8) is 0 Å². The van der Waals surface area contributed by atoms with Gasteiger partial charge in [0.15, 0.2) is 5.69 Å². The number of nitrogens with zero attached hydrogens (tertiary/aromatic N) is 4. The maximum Gasteiger partial charge on any atom is 0.344 e. The number of rotatable bonds is 6. The molecule has 0 spiro atoms. The van der Waals surface area contributed by atoms with Gasteiger partial charge in [0.1, 0.15) is 0 Å². The molecule has 1 aromatic carbocycles. The minimum absolute atomic E-state index is 0.0766. The van der Waals surface area contributed by atoms with Crippen LogP contribution in [-0.4, -0.2) is 67.9 Å². The highest BCUT2D eigenvalue weighted by molar-refractivity contribution is 5.91. The number of aliphatic hydroxyl groups is 1. The van der Waals surface area contributed by atoms with E-state index in [4.69, 9.17) is 5.73 Å². The first kappa shape index (κ1) is 22.0. The molecule has 1 aromatic heterocycles. The summed E-state index contributed by atoms with van der Waals surface area (Å²) in [6, 6.07) is 9.86. The van der Waals surface area contributed by atoms with Gasteiger partial charge in [0.2, 0.25) is 0 Å². The average Bonchev–Trinajstić information content (AvgIpc) is 3.17. The number of carbonyl (C=O) groups is 2. The van der Waals surface area contributed by atoms with Crippen LogP contribution in [0.25, 0.3) is 0 Å². The molecule has 1 aliphatic rings. The normalized spacial score (nSPS) is 15.6.